The first kappa shape index (κ1) is 20.9. The predicted molar refractivity (Wildman–Crippen MR) is 113 cm³/mol. The van der Waals surface area contributed by atoms with Crippen LogP contribution in [0.25, 0.3) is 0 Å². The Kier molecular flexibility index (Phi) is 6.71. The average Bonchev–Trinajstić information content (AvgIpc) is 2.71. The lowest BCUT2D eigenvalue weighted by atomic mass is 10.2. The van der Waals surface area contributed by atoms with E-state index < -0.39 is 10.8 Å². The minimum atomic E-state index is -0.572. The van der Waals surface area contributed by atoms with Gasteiger partial charge in [0.2, 0.25) is 0 Å². The second-order valence-corrected chi connectivity index (χ2v) is 6.64. The Morgan fingerprint density at radius 1 is 1.07 bits per heavy atom. The Labute approximate surface area is 176 Å². The first-order valence-electron chi connectivity index (χ1n) is 8.90. The molecule has 3 N–H and O–H groups in total. The van der Waals surface area contributed by atoms with E-state index in [0.717, 1.165) is 11.6 Å². The first-order valence-corrected chi connectivity index (χ1v) is 9.28. The molecule has 0 aliphatic rings. The molecule has 3 aromatic rings. The van der Waals surface area contributed by atoms with Crippen LogP contribution in [0.4, 0.5) is 23.1 Å². The third kappa shape index (κ3) is 5.61. The highest BCUT2D eigenvalue weighted by Crippen LogP contribution is 2.22. The molecule has 0 spiro atoms. The highest BCUT2D eigenvalue weighted by molar-refractivity contribution is 6.34. The van der Waals surface area contributed by atoms with Gasteiger partial charge in [-0.1, -0.05) is 11.6 Å². The fourth-order valence-electron chi connectivity index (χ4n) is 2.52. The van der Waals surface area contributed by atoms with Crippen LogP contribution < -0.4 is 16.0 Å². The molecule has 0 radical (unpaired) electrons. The van der Waals surface area contributed by atoms with Gasteiger partial charge in [-0.3, -0.25) is 14.9 Å². The number of nitro benzene ring substituents is 1. The maximum absolute atomic E-state index is 12.2. The summed E-state index contributed by atoms with van der Waals surface area (Å²) >= 11 is 5.96. The number of hydrogen-bond donors (Lipinski definition) is 3. The van der Waals surface area contributed by atoms with E-state index in [4.69, 9.17) is 11.6 Å². The molecule has 11 heteroatoms. The zero-order valence-electron chi connectivity index (χ0n) is 15.9. The summed E-state index contributed by atoms with van der Waals surface area (Å²) in [6.07, 6.45) is 3.12. The van der Waals surface area contributed by atoms with Crippen LogP contribution in [0.3, 0.4) is 0 Å². The molecule has 10 nitrogen and oxygen atoms in total. The third-order valence-electron chi connectivity index (χ3n) is 3.96. The van der Waals surface area contributed by atoms with Crippen molar-refractivity contribution in [3.05, 3.63) is 75.2 Å². The molecule has 1 amide bonds. The molecule has 0 fully saturated rings. The zero-order valence-corrected chi connectivity index (χ0v) is 16.7. The summed E-state index contributed by atoms with van der Waals surface area (Å²) in [6, 6.07) is 9.22. The van der Waals surface area contributed by atoms with Crippen LogP contribution in [0.5, 0.6) is 0 Å². The Morgan fingerprint density at radius 2 is 1.83 bits per heavy atom. The zero-order chi connectivity index (χ0) is 21.5. The number of aromatic nitrogens is 3. The van der Waals surface area contributed by atoms with Gasteiger partial charge >= 0.3 is 0 Å². The summed E-state index contributed by atoms with van der Waals surface area (Å²) in [5.74, 6) is 1.40. The number of nitrogens with one attached hydrogen (secondary N) is 3. The largest absolute Gasteiger partial charge is 0.368 e. The summed E-state index contributed by atoms with van der Waals surface area (Å²) in [7, 11) is 0. The van der Waals surface area contributed by atoms with Gasteiger partial charge in [0.15, 0.2) is 0 Å². The molecule has 154 valence electrons. The van der Waals surface area contributed by atoms with Gasteiger partial charge < -0.3 is 16.0 Å². The van der Waals surface area contributed by atoms with Crippen molar-refractivity contribution in [1.82, 2.24) is 20.3 Å². The van der Waals surface area contributed by atoms with Crippen LogP contribution in [0.1, 0.15) is 15.9 Å². The summed E-state index contributed by atoms with van der Waals surface area (Å²) in [4.78, 5) is 34.9. The van der Waals surface area contributed by atoms with Gasteiger partial charge in [0, 0.05) is 37.5 Å². The molecular weight excluding hydrogens is 410 g/mol. The van der Waals surface area contributed by atoms with E-state index in [9.17, 15) is 14.9 Å². The molecule has 0 saturated heterocycles. The fraction of sp³-hybridized carbons (Fsp3) is 0.158. The lowest BCUT2D eigenvalue weighted by Crippen LogP contribution is -2.29. The molecule has 2 aromatic heterocycles. The van der Waals surface area contributed by atoms with E-state index in [1.807, 2.05) is 19.1 Å². The number of carbonyl (C=O) groups is 1. The van der Waals surface area contributed by atoms with Gasteiger partial charge in [-0.25, -0.2) is 15.0 Å². The van der Waals surface area contributed by atoms with Gasteiger partial charge in [-0.15, -0.1) is 0 Å². The SMILES string of the molecule is Cc1ccnc(Nc2cc(NCCNC(=O)c3ccc([N+](=O)[O-])cc3Cl)ncn2)c1. The van der Waals surface area contributed by atoms with Crippen LogP contribution >= 0.6 is 11.6 Å². The number of hydrogen-bond acceptors (Lipinski definition) is 8. The highest BCUT2D eigenvalue weighted by atomic mass is 35.5. The van der Waals surface area contributed by atoms with Crippen LogP contribution in [-0.2, 0) is 0 Å². The van der Waals surface area contributed by atoms with Crippen molar-refractivity contribution in [2.24, 2.45) is 0 Å². The standard InChI is InChI=1S/C19H18ClN7O3/c1-12-4-5-21-17(8-12)26-18-10-16(24-11-25-18)22-6-7-23-19(28)14-3-2-13(27(29)30)9-15(14)20/h2-5,8-11H,6-7H2,1H3,(H,23,28)(H2,21,22,24,25,26). The number of halogens is 1. The summed E-state index contributed by atoms with van der Waals surface area (Å²) in [6.45, 7) is 2.66. The monoisotopic (exact) mass is 427 g/mol. The van der Waals surface area contributed by atoms with Gasteiger partial charge in [0.1, 0.15) is 23.8 Å². The molecule has 30 heavy (non-hydrogen) atoms. The minimum Gasteiger partial charge on any atom is -0.368 e. The smallest absolute Gasteiger partial charge is 0.270 e. The van der Waals surface area contributed by atoms with Crippen molar-refractivity contribution in [1.29, 1.82) is 0 Å². The first-order chi connectivity index (χ1) is 14.4. The second-order valence-electron chi connectivity index (χ2n) is 6.24. The van der Waals surface area contributed by atoms with E-state index in [1.165, 1.54) is 18.5 Å². The van der Waals surface area contributed by atoms with Gasteiger partial charge in [-0.2, -0.15) is 0 Å². The quantitative estimate of drug-likeness (QED) is 0.283. The van der Waals surface area contributed by atoms with E-state index in [2.05, 4.69) is 30.9 Å². The van der Waals surface area contributed by atoms with Crippen molar-refractivity contribution in [3.8, 4) is 0 Å². The number of aryl methyl sites for hydroxylation is 1. The average molecular weight is 428 g/mol. The molecule has 2 heterocycles. The van der Waals surface area contributed by atoms with Crippen LogP contribution in [-0.4, -0.2) is 38.9 Å². The molecule has 0 atom stereocenters. The summed E-state index contributed by atoms with van der Waals surface area (Å²) < 4.78 is 0. The number of carbonyl (C=O) groups excluding carboxylic acids is 1. The number of anilines is 3. The van der Waals surface area contributed by atoms with Crippen LogP contribution in [0, 0.1) is 17.0 Å². The number of benzene rings is 1. The Balaban J connectivity index is 1.51. The number of amides is 1. The summed E-state index contributed by atoms with van der Waals surface area (Å²) in [5, 5.41) is 19.6. The minimum absolute atomic E-state index is 0.0194. The fourth-order valence-corrected chi connectivity index (χ4v) is 2.78. The molecule has 0 saturated carbocycles. The van der Waals surface area contributed by atoms with Crippen molar-refractivity contribution in [3.63, 3.8) is 0 Å². The Hall–Kier alpha value is -3.79. The number of non-ortho nitro benzene ring substituents is 1. The predicted octanol–water partition coefficient (Wildman–Crippen LogP) is 3.33. The molecule has 1 aromatic carbocycles. The summed E-state index contributed by atoms with van der Waals surface area (Å²) in [5.41, 5.74) is 1.07. The van der Waals surface area contributed by atoms with Crippen molar-refractivity contribution in [2.75, 3.05) is 23.7 Å². The van der Waals surface area contributed by atoms with E-state index in [1.54, 1.807) is 12.3 Å². The van der Waals surface area contributed by atoms with E-state index in [-0.39, 0.29) is 16.3 Å². The molecule has 0 bridgehead atoms. The maximum atomic E-state index is 12.2. The normalized spacial score (nSPS) is 10.3. The van der Waals surface area contributed by atoms with Crippen molar-refractivity contribution >= 4 is 40.6 Å². The molecule has 0 aliphatic carbocycles. The van der Waals surface area contributed by atoms with Crippen molar-refractivity contribution < 1.29 is 9.72 Å². The number of nitrogens with zero attached hydrogens (tertiary/aromatic N) is 4. The number of rotatable bonds is 8. The lowest BCUT2D eigenvalue weighted by molar-refractivity contribution is -0.384. The highest BCUT2D eigenvalue weighted by Gasteiger charge is 2.14. The molecular formula is C19H18ClN7O3. The second kappa shape index (κ2) is 9.61. The van der Waals surface area contributed by atoms with Crippen LogP contribution in [0.2, 0.25) is 5.02 Å². The molecule has 0 unspecified atom stereocenters. The van der Waals surface area contributed by atoms with Crippen LogP contribution in [0.15, 0.2) is 48.9 Å². The third-order valence-corrected chi connectivity index (χ3v) is 4.28. The Bertz CT molecular complexity index is 1080. The lowest BCUT2D eigenvalue weighted by Gasteiger charge is -2.10. The van der Waals surface area contributed by atoms with Gasteiger partial charge in [0.05, 0.1) is 15.5 Å². The maximum Gasteiger partial charge on any atom is 0.270 e. The van der Waals surface area contributed by atoms with Gasteiger partial charge in [-0.05, 0) is 30.7 Å². The van der Waals surface area contributed by atoms with Crippen molar-refractivity contribution in [2.45, 2.75) is 6.92 Å². The number of nitro groups is 1. The molecule has 0 aliphatic heterocycles. The van der Waals surface area contributed by atoms with E-state index >= 15 is 0 Å². The Morgan fingerprint density at radius 3 is 2.57 bits per heavy atom. The number of pyridine rings is 1. The van der Waals surface area contributed by atoms with Gasteiger partial charge in [0.25, 0.3) is 11.6 Å². The molecule has 3 rings (SSSR count). The van der Waals surface area contributed by atoms with E-state index in [0.29, 0.717) is 30.5 Å². The topological polar surface area (TPSA) is 135 Å².